The number of hydrogen-bond donors (Lipinski definition) is 1. The molecule has 1 N–H and O–H groups in total. The van der Waals surface area contributed by atoms with Crippen LogP contribution >= 0.6 is 0 Å². The average Bonchev–Trinajstić information content (AvgIpc) is 3.43. The minimum absolute atomic E-state index is 0.00252. The minimum Gasteiger partial charge on any atom is -0.497 e. The van der Waals surface area contributed by atoms with Crippen LogP contribution in [0.2, 0.25) is 0 Å². The number of methoxy groups -OCH3 is 1. The molecule has 0 aromatic heterocycles. The Balaban J connectivity index is 1.30. The molecule has 6 rings (SSSR count). The van der Waals surface area contributed by atoms with Crippen LogP contribution in [0.1, 0.15) is 35.6 Å². The monoisotopic (exact) mass is 629 g/mol. The third-order valence-electron chi connectivity index (χ3n) is 8.94. The van der Waals surface area contributed by atoms with Crippen LogP contribution in [0.25, 0.3) is 10.8 Å². The van der Waals surface area contributed by atoms with Crippen molar-refractivity contribution >= 4 is 28.6 Å². The fraction of sp³-hybridized carbons (Fsp3) is 0.289. The largest absolute Gasteiger partial charge is 0.497 e. The van der Waals surface area contributed by atoms with Crippen molar-refractivity contribution in [2.24, 2.45) is 0 Å². The molecule has 2 saturated heterocycles. The number of ether oxygens (including phenoxy) is 1. The summed E-state index contributed by atoms with van der Waals surface area (Å²) in [6, 6.07) is 28.3. The number of terminal acetylenes is 1. The van der Waals surface area contributed by atoms with Crippen molar-refractivity contribution in [3.63, 3.8) is 0 Å². The highest BCUT2D eigenvalue weighted by Crippen LogP contribution is 2.31. The molecule has 4 aromatic rings. The first kappa shape index (κ1) is 31.6. The van der Waals surface area contributed by atoms with Crippen molar-refractivity contribution in [1.82, 2.24) is 25.1 Å². The molecule has 0 unspecified atom stereocenters. The van der Waals surface area contributed by atoms with Gasteiger partial charge in [-0.25, -0.2) is 4.79 Å². The number of carbonyl (C=O) groups excluding carboxylic acids is 3. The van der Waals surface area contributed by atoms with Crippen LogP contribution in [0.5, 0.6) is 5.75 Å². The molecule has 0 saturated carbocycles. The van der Waals surface area contributed by atoms with Gasteiger partial charge in [0.1, 0.15) is 18.0 Å². The van der Waals surface area contributed by atoms with E-state index in [1.807, 2.05) is 89.6 Å². The van der Waals surface area contributed by atoms with Crippen LogP contribution in [0.4, 0.5) is 4.79 Å². The Labute approximate surface area is 275 Å². The summed E-state index contributed by atoms with van der Waals surface area (Å²) >= 11 is 0. The zero-order valence-electron chi connectivity index (χ0n) is 26.8. The zero-order valence-corrected chi connectivity index (χ0v) is 26.8. The Morgan fingerprint density at radius 2 is 1.70 bits per heavy atom. The lowest BCUT2D eigenvalue weighted by Gasteiger charge is -2.46. The molecule has 0 aliphatic carbocycles. The van der Waals surface area contributed by atoms with Crippen molar-refractivity contribution in [3.8, 4) is 18.1 Å². The highest BCUT2D eigenvalue weighted by Gasteiger charge is 2.52. The van der Waals surface area contributed by atoms with Crippen molar-refractivity contribution in [1.29, 1.82) is 0 Å². The maximum absolute atomic E-state index is 14.3. The molecule has 9 heteroatoms. The number of amides is 4. The number of urea groups is 1. The molecular weight excluding hydrogens is 590 g/mol. The Hall–Kier alpha value is -5.33. The first-order valence-electron chi connectivity index (χ1n) is 16.0. The molecule has 2 aliphatic heterocycles. The van der Waals surface area contributed by atoms with Gasteiger partial charge in [-0.15, -0.1) is 6.42 Å². The van der Waals surface area contributed by atoms with Crippen molar-refractivity contribution in [3.05, 3.63) is 113 Å². The van der Waals surface area contributed by atoms with E-state index in [1.54, 1.807) is 17.0 Å². The van der Waals surface area contributed by atoms with Crippen LogP contribution in [0, 0.1) is 12.3 Å². The topological polar surface area (TPSA) is 85.4 Å². The number of piperazine rings is 1. The lowest BCUT2D eigenvalue weighted by Crippen LogP contribution is -2.66. The third-order valence-corrected chi connectivity index (χ3v) is 8.94. The van der Waals surface area contributed by atoms with E-state index in [0.717, 1.165) is 38.8 Å². The summed E-state index contributed by atoms with van der Waals surface area (Å²) in [6.07, 6.45) is 6.09. The van der Waals surface area contributed by atoms with E-state index in [2.05, 4.69) is 29.4 Å². The summed E-state index contributed by atoms with van der Waals surface area (Å²) in [7, 11) is 1.61. The molecule has 4 amide bonds. The van der Waals surface area contributed by atoms with Gasteiger partial charge in [0.2, 0.25) is 11.8 Å². The molecule has 2 aliphatic rings. The second-order valence-electron chi connectivity index (χ2n) is 11.9. The molecule has 4 aromatic carbocycles. The van der Waals surface area contributed by atoms with Gasteiger partial charge in [0.15, 0.2) is 0 Å². The summed E-state index contributed by atoms with van der Waals surface area (Å²) in [6.45, 7) is 3.40. The average molecular weight is 630 g/mol. The van der Waals surface area contributed by atoms with Crippen LogP contribution < -0.4 is 10.1 Å². The van der Waals surface area contributed by atoms with Gasteiger partial charge in [-0.2, -0.15) is 5.01 Å². The maximum Gasteiger partial charge on any atom is 0.332 e. The van der Waals surface area contributed by atoms with Crippen molar-refractivity contribution < 1.29 is 19.1 Å². The number of rotatable bonds is 10. The lowest BCUT2D eigenvalue weighted by molar-refractivity contribution is -0.157. The molecule has 240 valence electrons. The first-order chi connectivity index (χ1) is 22.9. The second-order valence-corrected chi connectivity index (χ2v) is 11.9. The van der Waals surface area contributed by atoms with Crippen molar-refractivity contribution in [2.75, 3.05) is 26.7 Å². The summed E-state index contributed by atoms with van der Waals surface area (Å²) in [4.78, 5) is 45.4. The number of hydrogen-bond acceptors (Lipinski definition) is 5. The normalized spacial score (nSPS) is 17.8. The number of fused-ring (bicyclic) bond motifs is 2. The van der Waals surface area contributed by atoms with Gasteiger partial charge in [-0.05, 0) is 58.1 Å². The maximum atomic E-state index is 14.3. The summed E-state index contributed by atoms with van der Waals surface area (Å²) in [5.41, 5.74) is 3.61. The van der Waals surface area contributed by atoms with E-state index in [0.29, 0.717) is 32.5 Å². The Kier molecular flexibility index (Phi) is 9.41. The molecule has 0 radical (unpaired) electrons. The Morgan fingerprint density at radius 3 is 2.43 bits per heavy atom. The van der Waals surface area contributed by atoms with E-state index < -0.39 is 12.2 Å². The smallest absolute Gasteiger partial charge is 0.332 e. The standard InChI is InChI=1S/C38H39N5O4/c1-4-21-41(38(46)39-23-29-17-19-32(47-3)20-18-29)42-26-36(44)43-34(22-28-15-13-27(5-2)14-16-28)37(45)40(25-35(42)43)24-31-11-8-10-30-9-6-7-12-33(30)31/h2,6-20,34-35H,4,21-26H2,1,3H3,(H,39,46)/t34-,35+/m0/s1. The SMILES string of the molecule is C#Cc1ccc(C[C@H]2C(=O)N(Cc3cccc4ccccc34)C[C@H]3N2C(=O)CN3N(CCC)C(=O)NCc2ccc(OC)cc2)cc1. The lowest BCUT2D eigenvalue weighted by atomic mass is 9.98. The minimum atomic E-state index is -0.733. The van der Waals surface area contributed by atoms with E-state index in [4.69, 9.17) is 11.2 Å². The van der Waals surface area contributed by atoms with Gasteiger partial charge in [-0.1, -0.05) is 79.6 Å². The first-order valence-corrected chi connectivity index (χ1v) is 16.0. The number of hydrazine groups is 1. The van der Waals surface area contributed by atoms with E-state index in [1.165, 1.54) is 0 Å². The highest BCUT2D eigenvalue weighted by atomic mass is 16.5. The molecule has 9 nitrogen and oxygen atoms in total. The molecule has 47 heavy (non-hydrogen) atoms. The fourth-order valence-corrected chi connectivity index (χ4v) is 6.56. The van der Waals surface area contributed by atoms with E-state index in [-0.39, 0.29) is 30.9 Å². The van der Waals surface area contributed by atoms with Crippen LogP contribution in [-0.4, -0.2) is 76.6 Å². The third kappa shape index (κ3) is 6.64. The molecular formula is C38H39N5O4. The van der Waals surface area contributed by atoms with Gasteiger partial charge < -0.3 is 19.9 Å². The van der Waals surface area contributed by atoms with E-state index >= 15 is 0 Å². The predicted molar refractivity (Wildman–Crippen MR) is 181 cm³/mol. The number of nitrogens with zero attached hydrogens (tertiary/aromatic N) is 4. The van der Waals surface area contributed by atoms with Crippen LogP contribution in [-0.2, 0) is 29.1 Å². The Bertz CT molecular complexity index is 1790. The van der Waals surface area contributed by atoms with Gasteiger partial charge in [0, 0.05) is 31.6 Å². The van der Waals surface area contributed by atoms with Crippen LogP contribution in [0.3, 0.4) is 0 Å². The molecule has 2 fully saturated rings. The summed E-state index contributed by atoms with van der Waals surface area (Å²) in [5.74, 6) is 3.08. The summed E-state index contributed by atoms with van der Waals surface area (Å²) in [5, 5.41) is 8.68. The van der Waals surface area contributed by atoms with Gasteiger partial charge in [-0.3, -0.25) is 14.6 Å². The van der Waals surface area contributed by atoms with Gasteiger partial charge in [0.25, 0.3) is 0 Å². The van der Waals surface area contributed by atoms with Crippen LogP contribution in [0.15, 0.2) is 91.0 Å². The number of carbonyl (C=O) groups is 3. The van der Waals surface area contributed by atoms with Gasteiger partial charge in [0.05, 0.1) is 20.2 Å². The Morgan fingerprint density at radius 1 is 0.979 bits per heavy atom. The zero-order chi connectivity index (χ0) is 32.9. The molecule has 2 heterocycles. The number of benzene rings is 4. The predicted octanol–water partition coefficient (Wildman–Crippen LogP) is 4.79. The quantitative estimate of drug-likeness (QED) is 0.255. The molecule has 0 bridgehead atoms. The molecule has 2 atom stereocenters. The van der Waals surface area contributed by atoms with Crippen molar-refractivity contribution in [2.45, 2.75) is 45.1 Å². The summed E-state index contributed by atoms with van der Waals surface area (Å²) < 4.78 is 5.25. The van der Waals surface area contributed by atoms with Gasteiger partial charge >= 0.3 is 6.03 Å². The van der Waals surface area contributed by atoms with E-state index in [9.17, 15) is 14.4 Å². The molecule has 0 spiro atoms. The number of nitrogens with one attached hydrogen (secondary N) is 1. The highest BCUT2D eigenvalue weighted by molar-refractivity contribution is 5.92. The second kappa shape index (κ2) is 14.0. The fourth-order valence-electron chi connectivity index (χ4n) is 6.56.